The lowest BCUT2D eigenvalue weighted by atomic mass is 10.1. The minimum Gasteiger partial charge on any atom is -0.371 e. The highest BCUT2D eigenvalue weighted by molar-refractivity contribution is 5.73. The number of carbonyl (C=O) groups is 1. The van der Waals surface area contributed by atoms with Crippen LogP contribution in [-0.4, -0.2) is 56.7 Å². The number of carbonyl (C=O) groups excluding carboxylic acids is 1. The molecule has 2 fully saturated rings. The van der Waals surface area contributed by atoms with E-state index in [2.05, 4.69) is 57.7 Å². The van der Waals surface area contributed by atoms with Gasteiger partial charge in [-0.1, -0.05) is 25.1 Å². The number of anilines is 1. The van der Waals surface area contributed by atoms with Gasteiger partial charge < -0.3 is 20.4 Å². The number of nitrogens with one attached hydrogen (secondary N) is 2. The molecule has 1 aromatic rings. The first-order valence-electron chi connectivity index (χ1n) is 9.78. The van der Waals surface area contributed by atoms with Gasteiger partial charge in [-0.05, 0) is 56.3 Å². The van der Waals surface area contributed by atoms with Gasteiger partial charge in [0.1, 0.15) is 0 Å². The topological polar surface area (TPSA) is 47.6 Å². The molecule has 0 aromatic heterocycles. The zero-order chi connectivity index (χ0) is 17.5. The van der Waals surface area contributed by atoms with E-state index in [1.165, 1.54) is 31.6 Å². The van der Waals surface area contributed by atoms with Gasteiger partial charge in [-0.25, -0.2) is 4.79 Å². The van der Waals surface area contributed by atoms with Crippen molar-refractivity contribution in [2.75, 3.05) is 50.7 Å². The number of rotatable bonds is 7. The molecule has 0 spiro atoms. The molecule has 2 aliphatic heterocycles. The van der Waals surface area contributed by atoms with Crippen LogP contribution in [-0.2, 0) is 0 Å². The number of benzene rings is 1. The Morgan fingerprint density at radius 1 is 1.04 bits per heavy atom. The average molecular weight is 345 g/mol. The maximum absolute atomic E-state index is 12.1. The summed E-state index contributed by atoms with van der Waals surface area (Å²) in [6.07, 6.45) is 3.56. The number of likely N-dealkylation sites (tertiary alicyclic amines) is 1. The van der Waals surface area contributed by atoms with Crippen LogP contribution >= 0.6 is 0 Å². The third kappa shape index (κ3) is 5.36. The van der Waals surface area contributed by atoms with E-state index < -0.39 is 0 Å². The molecule has 2 atom stereocenters. The summed E-state index contributed by atoms with van der Waals surface area (Å²) >= 11 is 0. The molecular weight excluding hydrogens is 312 g/mol. The van der Waals surface area contributed by atoms with Crippen LogP contribution in [0.3, 0.4) is 0 Å². The van der Waals surface area contributed by atoms with Crippen LogP contribution < -0.4 is 15.5 Å². The Labute approximate surface area is 151 Å². The molecule has 2 saturated heterocycles. The predicted molar refractivity (Wildman–Crippen MR) is 103 cm³/mol. The van der Waals surface area contributed by atoms with E-state index in [4.69, 9.17) is 0 Å². The zero-order valence-corrected chi connectivity index (χ0v) is 15.4. The summed E-state index contributed by atoms with van der Waals surface area (Å²) in [5.41, 5.74) is 1.28. The van der Waals surface area contributed by atoms with Crippen molar-refractivity contribution in [3.63, 3.8) is 0 Å². The third-order valence-electron chi connectivity index (χ3n) is 5.42. The third-order valence-corrected chi connectivity index (χ3v) is 5.42. The Bertz CT molecular complexity index is 536. The minimum absolute atomic E-state index is 0.00731. The van der Waals surface area contributed by atoms with Gasteiger partial charge in [0.15, 0.2) is 0 Å². The summed E-state index contributed by atoms with van der Waals surface area (Å²) in [5, 5.41) is 6.13. The van der Waals surface area contributed by atoms with Gasteiger partial charge in [0.05, 0.1) is 0 Å². The number of hydrogen-bond donors (Lipinski definition) is 2. The van der Waals surface area contributed by atoms with Crippen molar-refractivity contribution in [1.82, 2.24) is 15.5 Å². The first kappa shape index (κ1) is 18.1. The quantitative estimate of drug-likeness (QED) is 0.799. The smallest absolute Gasteiger partial charge is 0.314 e. The summed E-state index contributed by atoms with van der Waals surface area (Å²) < 4.78 is 0. The predicted octanol–water partition coefficient (Wildman–Crippen LogP) is 2.54. The van der Waals surface area contributed by atoms with Crippen LogP contribution in [0.1, 0.15) is 26.2 Å². The van der Waals surface area contributed by atoms with Gasteiger partial charge >= 0.3 is 6.03 Å². The number of nitrogens with zero attached hydrogens (tertiary/aromatic N) is 2. The molecule has 0 unspecified atom stereocenters. The Hall–Kier alpha value is -1.75. The highest BCUT2D eigenvalue weighted by atomic mass is 16.2. The van der Waals surface area contributed by atoms with Crippen LogP contribution in [0.4, 0.5) is 10.5 Å². The molecule has 1 aromatic carbocycles. The normalized spacial score (nSPS) is 23.8. The Morgan fingerprint density at radius 2 is 1.72 bits per heavy atom. The van der Waals surface area contributed by atoms with E-state index >= 15 is 0 Å². The second kappa shape index (κ2) is 9.09. The van der Waals surface area contributed by atoms with Gasteiger partial charge in [0.2, 0.25) is 0 Å². The Balaban J connectivity index is 1.31. The van der Waals surface area contributed by atoms with Crippen LogP contribution in [0.15, 0.2) is 30.3 Å². The number of urea groups is 1. The molecule has 2 aliphatic rings. The standard InChI is InChI=1S/C20H32N4O/c1-2-10-23-11-8-17(15-23)13-21-20(25)22-14-18-9-12-24(16-18)19-6-4-3-5-7-19/h3-7,17-18H,2,8-16H2,1H3,(H2,21,22,25)/t17-,18+/m0/s1. The maximum atomic E-state index is 12.1. The van der Waals surface area contributed by atoms with E-state index in [0.29, 0.717) is 11.8 Å². The molecule has 138 valence electrons. The molecule has 25 heavy (non-hydrogen) atoms. The summed E-state index contributed by atoms with van der Waals surface area (Å²) in [6.45, 7) is 9.38. The molecule has 0 radical (unpaired) electrons. The van der Waals surface area contributed by atoms with Crippen molar-refractivity contribution in [3.05, 3.63) is 30.3 Å². The largest absolute Gasteiger partial charge is 0.371 e. The first-order chi connectivity index (χ1) is 12.2. The van der Waals surface area contributed by atoms with Gasteiger partial charge in [-0.3, -0.25) is 0 Å². The lowest BCUT2D eigenvalue weighted by Crippen LogP contribution is -2.41. The zero-order valence-electron chi connectivity index (χ0n) is 15.4. The van der Waals surface area contributed by atoms with Gasteiger partial charge in [0, 0.05) is 38.4 Å². The fourth-order valence-corrected chi connectivity index (χ4v) is 4.01. The fourth-order valence-electron chi connectivity index (χ4n) is 4.01. The molecular formula is C20H32N4O. The van der Waals surface area contributed by atoms with Gasteiger partial charge in [-0.15, -0.1) is 0 Å². The minimum atomic E-state index is -0.00731. The van der Waals surface area contributed by atoms with Crippen molar-refractivity contribution in [1.29, 1.82) is 0 Å². The van der Waals surface area contributed by atoms with Crippen molar-refractivity contribution in [2.24, 2.45) is 11.8 Å². The monoisotopic (exact) mass is 344 g/mol. The molecule has 2 heterocycles. The second-order valence-electron chi connectivity index (χ2n) is 7.48. The number of amides is 2. The summed E-state index contributed by atoms with van der Waals surface area (Å²) in [7, 11) is 0. The highest BCUT2D eigenvalue weighted by Gasteiger charge is 2.24. The van der Waals surface area contributed by atoms with Crippen molar-refractivity contribution >= 4 is 11.7 Å². The van der Waals surface area contributed by atoms with Crippen LogP contribution in [0.5, 0.6) is 0 Å². The molecule has 2 amide bonds. The number of para-hydroxylation sites is 1. The van der Waals surface area contributed by atoms with Crippen molar-refractivity contribution < 1.29 is 4.79 Å². The van der Waals surface area contributed by atoms with Gasteiger partial charge in [-0.2, -0.15) is 0 Å². The van der Waals surface area contributed by atoms with E-state index in [-0.39, 0.29) is 6.03 Å². The molecule has 0 saturated carbocycles. The van der Waals surface area contributed by atoms with Crippen molar-refractivity contribution in [3.8, 4) is 0 Å². The summed E-state index contributed by atoms with van der Waals surface area (Å²) in [4.78, 5) is 17.0. The van der Waals surface area contributed by atoms with E-state index in [1.54, 1.807) is 0 Å². The summed E-state index contributed by atoms with van der Waals surface area (Å²) in [5.74, 6) is 1.15. The SMILES string of the molecule is CCCN1CC[C@@H](CNC(=O)NC[C@H]2CCN(c3ccccc3)C2)C1. The van der Waals surface area contributed by atoms with E-state index in [9.17, 15) is 4.79 Å². The maximum Gasteiger partial charge on any atom is 0.314 e. The summed E-state index contributed by atoms with van der Waals surface area (Å²) in [6, 6.07) is 10.5. The molecule has 0 aliphatic carbocycles. The molecule has 0 bridgehead atoms. The molecule has 2 N–H and O–H groups in total. The molecule has 5 nitrogen and oxygen atoms in total. The highest BCUT2D eigenvalue weighted by Crippen LogP contribution is 2.22. The lowest BCUT2D eigenvalue weighted by Gasteiger charge is -2.19. The molecule has 5 heteroatoms. The van der Waals surface area contributed by atoms with Crippen LogP contribution in [0.25, 0.3) is 0 Å². The van der Waals surface area contributed by atoms with E-state index in [0.717, 1.165) is 39.1 Å². The first-order valence-corrected chi connectivity index (χ1v) is 9.78. The van der Waals surface area contributed by atoms with Crippen LogP contribution in [0, 0.1) is 11.8 Å². The fraction of sp³-hybridized carbons (Fsp3) is 0.650. The Kier molecular flexibility index (Phi) is 6.56. The van der Waals surface area contributed by atoms with Gasteiger partial charge in [0.25, 0.3) is 0 Å². The van der Waals surface area contributed by atoms with E-state index in [1.807, 2.05) is 0 Å². The molecule has 3 rings (SSSR count). The van der Waals surface area contributed by atoms with Crippen molar-refractivity contribution in [2.45, 2.75) is 26.2 Å². The number of hydrogen-bond acceptors (Lipinski definition) is 3. The average Bonchev–Trinajstić information content (AvgIpc) is 3.29. The Morgan fingerprint density at radius 3 is 2.44 bits per heavy atom. The lowest BCUT2D eigenvalue weighted by molar-refractivity contribution is 0.237. The van der Waals surface area contributed by atoms with Crippen LogP contribution in [0.2, 0.25) is 0 Å². The second-order valence-corrected chi connectivity index (χ2v) is 7.48.